The van der Waals surface area contributed by atoms with Crippen LogP contribution < -0.4 is 10.1 Å². The van der Waals surface area contributed by atoms with Gasteiger partial charge in [0.05, 0.1) is 13.2 Å². The Hall–Kier alpha value is -2.57. The standard InChI is InChI=1S/C34H50N2O4/c1-24(2)28(14-15-29-10-8-18-35-25(29)3)9-6-5-7-20-40-30-17-19-36(23-30)33(34(37)38)31-16-13-27(21-26-11-12-26)22-32(31)39-4/h13-16,22,26,30,33,35H,5-12,17-21,23H2,1-4H3,(H,37,38)/b15-14-/t30-,33?/m1/s1. The number of nitrogens with one attached hydrogen (secondary N) is 1. The molecule has 0 bridgehead atoms. The van der Waals surface area contributed by atoms with E-state index in [0.717, 1.165) is 76.1 Å². The molecule has 1 aromatic carbocycles. The van der Waals surface area contributed by atoms with Crippen molar-refractivity contribution in [2.75, 3.05) is 33.4 Å². The van der Waals surface area contributed by atoms with Crippen LogP contribution in [0.2, 0.25) is 0 Å². The summed E-state index contributed by atoms with van der Waals surface area (Å²) in [5, 5.41) is 13.6. The lowest BCUT2D eigenvalue weighted by Crippen LogP contribution is -2.33. The van der Waals surface area contributed by atoms with Crippen molar-refractivity contribution in [2.45, 2.75) is 97.1 Å². The van der Waals surface area contributed by atoms with Gasteiger partial charge in [0.1, 0.15) is 11.8 Å². The van der Waals surface area contributed by atoms with Gasteiger partial charge >= 0.3 is 5.97 Å². The number of rotatable bonds is 15. The topological polar surface area (TPSA) is 71.0 Å². The summed E-state index contributed by atoms with van der Waals surface area (Å²) in [6.45, 7) is 9.76. The largest absolute Gasteiger partial charge is 0.496 e. The number of carboxylic acids is 1. The fraction of sp³-hybridized carbons (Fsp3) is 0.618. The molecule has 1 saturated heterocycles. The Labute approximate surface area is 241 Å². The predicted molar refractivity (Wildman–Crippen MR) is 162 cm³/mol. The van der Waals surface area contributed by atoms with E-state index in [4.69, 9.17) is 9.47 Å². The van der Waals surface area contributed by atoms with Crippen molar-refractivity contribution in [1.82, 2.24) is 10.2 Å². The van der Waals surface area contributed by atoms with Crippen molar-refractivity contribution in [3.63, 3.8) is 0 Å². The van der Waals surface area contributed by atoms with E-state index in [1.165, 1.54) is 47.2 Å². The molecule has 1 aromatic rings. The Morgan fingerprint density at radius 3 is 2.73 bits per heavy atom. The summed E-state index contributed by atoms with van der Waals surface area (Å²) >= 11 is 0. The summed E-state index contributed by atoms with van der Waals surface area (Å²) in [5.74, 6) is 0.631. The van der Waals surface area contributed by atoms with Crippen LogP contribution in [-0.4, -0.2) is 55.4 Å². The van der Waals surface area contributed by atoms with Crippen molar-refractivity contribution in [2.24, 2.45) is 5.92 Å². The average Bonchev–Trinajstić information content (AvgIpc) is 3.63. The Bertz CT molecular complexity index is 1100. The minimum absolute atomic E-state index is 0.0823. The van der Waals surface area contributed by atoms with E-state index in [9.17, 15) is 9.90 Å². The van der Waals surface area contributed by atoms with E-state index < -0.39 is 12.0 Å². The van der Waals surface area contributed by atoms with Gasteiger partial charge in [0.25, 0.3) is 0 Å². The lowest BCUT2D eigenvalue weighted by atomic mass is 9.99. The van der Waals surface area contributed by atoms with Gasteiger partial charge in [-0.15, -0.1) is 0 Å². The maximum atomic E-state index is 12.4. The lowest BCUT2D eigenvalue weighted by molar-refractivity contribution is -0.143. The van der Waals surface area contributed by atoms with E-state index in [1.807, 2.05) is 17.0 Å². The van der Waals surface area contributed by atoms with Gasteiger partial charge in [-0.2, -0.15) is 0 Å². The van der Waals surface area contributed by atoms with E-state index in [-0.39, 0.29) is 6.10 Å². The molecule has 2 atom stereocenters. The molecule has 2 N–H and O–H groups in total. The number of allylic oxidation sites excluding steroid dienone is 6. The van der Waals surface area contributed by atoms with Gasteiger partial charge in [0.2, 0.25) is 0 Å². The molecule has 2 fully saturated rings. The molecule has 0 amide bonds. The summed E-state index contributed by atoms with van der Waals surface area (Å²) in [7, 11) is 1.64. The number of carboxylic acid groups (broad SMARTS) is 1. The highest BCUT2D eigenvalue weighted by molar-refractivity contribution is 5.77. The summed E-state index contributed by atoms with van der Waals surface area (Å²) in [6, 6.07) is 5.37. The number of methoxy groups -OCH3 is 1. The third-order valence-corrected chi connectivity index (χ3v) is 8.66. The van der Waals surface area contributed by atoms with Crippen molar-refractivity contribution >= 4 is 5.97 Å². The van der Waals surface area contributed by atoms with Crippen molar-refractivity contribution in [3.05, 3.63) is 63.9 Å². The monoisotopic (exact) mass is 550 g/mol. The first-order chi connectivity index (χ1) is 19.4. The molecule has 6 heteroatoms. The number of unbranched alkanes of at least 4 members (excludes halogenated alkanes) is 2. The van der Waals surface area contributed by atoms with E-state index in [1.54, 1.807) is 7.11 Å². The van der Waals surface area contributed by atoms with Crippen molar-refractivity contribution < 1.29 is 19.4 Å². The third-order valence-electron chi connectivity index (χ3n) is 8.66. The second-order valence-electron chi connectivity index (χ2n) is 12.1. The SMILES string of the molecule is COc1cc(CC2CC2)ccc1C(C(=O)O)N1CC[C@@H](OCCCCCC(/C=C\C2=C(C)NCCC2)=C(C)C)C1. The molecule has 6 nitrogen and oxygen atoms in total. The predicted octanol–water partition coefficient (Wildman–Crippen LogP) is 6.97. The van der Waals surface area contributed by atoms with Crippen LogP contribution in [0, 0.1) is 5.92 Å². The molecule has 3 aliphatic rings. The Kier molecular flexibility index (Phi) is 11.3. The number of benzene rings is 1. The number of aliphatic carboxylic acids is 1. The van der Waals surface area contributed by atoms with Crippen LogP contribution in [0.15, 0.2) is 52.8 Å². The molecular weight excluding hydrogens is 500 g/mol. The van der Waals surface area contributed by atoms with Gasteiger partial charge in [-0.25, -0.2) is 0 Å². The van der Waals surface area contributed by atoms with Crippen molar-refractivity contribution in [1.29, 1.82) is 0 Å². The Morgan fingerprint density at radius 2 is 2.02 bits per heavy atom. The first-order valence-corrected chi connectivity index (χ1v) is 15.4. The Balaban J connectivity index is 1.20. The van der Waals surface area contributed by atoms with Crippen molar-refractivity contribution in [3.8, 4) is 5.75 Å². The molecule has 0 aromatic heterocycles. The normalized spacial score (nSPS) is 20.6. The highest BCUT2D eigenvalue weighted by atomic mass is 16.5. The Morgan fingerprint density at radius 1 is 1.20 bits per heavy atom. The molecule has 1 aliphatic carbocycles. The fourth-order valence-electron chi connectivity index (χ4n) is 5.98. The molecule has 0 radical (unpaired) electrons. The molecule has 40 heavy (non-hydrogen) atoms. The quantitative estimate of drug-likeness (QED) is 0.181. The second kappa shape index (κ2) is 14.9. The maximum absolute atomic E-state index is 12.4. The first-order valence-electron chi connectivity index (χ1n) is 15.4. The molecular formula is C34H50N2O4. The zero-order valence-corrected chi connectivity index (χ0v) is 25.1. The first kappa shape index (κ1) is 30.4. The van der Waals surface area contributed by atoms with Gasteiger partial charge < -0.3 is 19.9 Å². The zero-order valence-electron chi connectivity index (χ0n) is 25.1. The average molecular weight is 551 g/mol. The molecule has 0 spiro atoms. The smallest absolute Gasteiger partial charge is 0.325 e. The molecule has 1 unspecified atom stereocenters. The van der Waals surface area contributed by atoms with Gasteiger partial charge in [-0.1, -0.05) is 36.3 Å². The second-order valence-corrected chi connectivity index (χ2v) is 12.1. The minimum atomic E-state index is -0.829. The fourth-order valence-corrected chi connectivity index (χ4v) is 5.98. The van der Waals surface area contributed by atoms with Gasteiger partial charge in [-0.3, -0.25) is 9.69 Å². The third kappa shape index (κ3) is 8.71. The van der Waals surface area contributed by atoms with Crippen LogP contribution in [0.3, 0.4) is 0 Å². The minimum Gasteiger partial charge on any atom is -0.496 e. The summed E-state index contributed by atoms with van der Waals surface area (Å²) in [6.07, 6.45) is 16.0. The number of carbonyl (C=O) groups is 1. The van der Waals surface area contributed by atoms with E-state index in [0.29, 0.717) is 12.3 Å². The van der Waals surface area contributed by atoms with Gasteiger partial charge in [-0.05, 0) is 107 Å². The van der Waals surface area contributed by atoms with Crippen LogP contribution >= 0.6 is 0 Å². The summed E-state index contributed by atoms with van der Waals surface area (Å²) < 4.78 is 11.9. The number of ether oxygens (including phenoxy) is 2. The number of nitrogens with zero attached hydrogens (tertiary/aromatic N) is 1. The zero-order chi connectivity index (χ0) is 28.5. The highest BCUT2D eigenvalue weighted by Crippen LogP contribution is 2.37. The van der Waals surface area contributed by atoms with Gasteiger partial charge in [0, 0.05) is 37.5 Å². The molecule has 2 heterocycles. The van der Waals surface area contributed by atoms with Crippen LogP contribution in [0.5, 0.6) is 5.75 Å². The molecule has 1 saturated carbocycles. The van der Waals surface area contributed by atoms with Crippen LogP contribution in [-0.2, 0) is 16.0 Å². The number of likely N-dealkylation sites (tertiary alicyclic amines) is 1. The van der Waals surface area contributed by atoms with Crippen LogP contribution in [0.4, 0.5) is 0 Å². The summed E-state index contributed by atoms with van der Waals surface area (Å²) in [4.78, 5) is 14.4. The number of hydrogen-bond donors (Lipinski definition) is 2. The number of hydrogen-bond acceptors (Lipinski definition) is 5. The van der Waals surface area contributed by atoms with E-state index >= 15 is 0 Å². The summed E-state index contributed by atoms with van der Waals surface area (Å²) in [5.41, 5.74) is 7.55. The van der Waals surface area contributed by atoms with Gasteiger partial charge in [0.15, 0.2) is 0 Å². The molecule has 220 valence electrons. The van der Waals surface area contributed by atoms with E-state index in [2.05, 4.69) is 44.3 Å². The molecule has 2 aliphatic heterocycles. The lowest BCUT2D eigenvalue weighted by Gasteiger charge is -2.26. The van der Waals surface area contributed by atoms with Crippen LogP contribution in [0.25, 0.3) is 0 Å². The van der Waals surface area contributed by atoms with Crippen LogP contribution in [0.1, 0.15) is 95.7 Å². The maximum Gasteiger partial charge on any atom is 0.325 e. The molecule has 4 rings (SSSR count). The highest BCUT2D eigenvalue weighted by Gasteiger charge is 2.36.